The van der Waals surface area contributed by atoms with E-state index in [9.17, 15) is 4.79 Å². The molecule has 0 aliphatic heterocycles. The summed E-state index contributed by atoms with van der Waals surface area (Å²) in [6, 6.07) is 8.07. The summed E-state index contributed by atoms with van der Waals surface area (Å²) >= 11 is 1.62. The number of hydrogen-bond donors (Lipinski definition) is 1. The molecule has 1 aliphatic carbocycles. The largest absolute Gasteiger partial charge is 0.327 e. The molecule has 0 radical (unpaired) electrons. The topological polar surface area (TPSA) is 56.0 Å². The molecule has 1 aromatic heterocycles. The van der Waals surface area contributed by atoms with E-state index in [1.807, 2.05) is 24.3 Å². The number of fused-ring (bicyclic) bond motifs is 1. The van der Waals surface area contributed by atoms with Crippen LogP contribution in [0.5, 0.6) is 0 Å². The van der Waals surface area contributed by atoms with Gasteiger partial charge in [0.05, 0.1) is 16.6 Å². The number of hydrogen-bond acceptors (Lipinski definition) is 4. The number of rotatable bonds is 3. The van der Waals surface area contributed by atoms with E-state index in [4.69, 9.17) is 5.73 Å². The van der Waals surface area contributed by atoms with Crippen LogP contribution in [0.15, 0.2) is 24.3 Å². The molecule has 0 saturated heterocycles. The number of nitrogens with two attached hydrogens (primary N) is 1. The summed E-state index contributed by atoms with van der Waals surface area (Å²) in [6.07, 6.45) is 4.66. The maximum Gasteiger partial charge on any atom is 0.144 e. The first-order valence-electron chi connectivity index (χ1n) is 6.87. The highest BCUT2D eigenvalue weighted by Gasteiger charge is 2.28. The number of carbonyl (C=O) groups is 1. The molecule has 1 aliphatic rings. The van der Waals surface area contributed by atoms with Crippen LogP contribution in [0.3, 0.4) is 0 Å². The van der Waals surface area contributed by atoms with Crippen molar-refractivity contribution in [2.75, 3.05) is 0 Å². The Morgan fingerprint density at radius 1 is 1.32 bits per heavy atom. The lowest BCUT2D eigenvalue weighted by molar-refractivity contribution is -0.123. The Labute approximate surface area is 116 Å². The van der Waals surface area contributed by atoms with Gasteiger partial charge in [-0.3, -0.25) is 4.79 Å². The highest BCUT2D eigenvalue weighted by molar-refractivity contribution is 7.18. The zero-order valence-electron chi connectivity index (χ0n) is 10.8. The second-order valence-corrected chi connectivity index (χ2v) is 6.39. The minimum atomic E-state index is 0.0424. The van der Waals surface area contributed by atoms with E-state index in [-0.39, 0.29) is 17.7 Å². The number of aromatic nitrogens is 1. The smallest absolute Gasteiger partial charge is 0.144 e. The Morgan fingerprint density at radius 3 is 2.89 bits per heavy atom. The minimum Gasteiger partial charge on any atom is -0.327 e. The first-order valence-corrected chi connectivity index (χ1v) is 7.68. The van der Waals surface area contributed by atoms with E-state index in [1.54, 1.807) is 11.3 Å². The molecule has 1 fully saturated rings. The Kier molecular flexibility index (Phi) is 3.62. The van der Waals surface area contributed by atoms with Crippen molar-refractivity contribution in [3.8, 4) is 0 Å². The molecule has 1 heterocycles. The lowest BCUT2D eigenvalue weighted by atomic mass is 9.81. The van der Waals surface area contributed by atoms with Gasteiger partial charge in [-0.1, -0.05) is 25.0 Å². The number of Topliss-reactive ketones (excluding diaryl/α,β-unsaturated/α-hetero) is 1. The number of ketones is 1. The fourth-order valence-electron chi connectivity index (χ4n) is 2.83. The predicted octanol–water partition coefficient (Wildman–Crippen LogP) is 2.93. The van der Waals surface area contributed by atoms with E-state index in [2.05, 4.69) is 4.98 Å². The summed E-state index contributed by atoms with van der Waals surface area (Å²) in [4.78, 5) is 16.9. The summed E-state index contributed by atoms with van der Waals surface area (Å²) < 4.78 is 1.15. The van der Waals surface area contributed by atoms with Crippen LogP contribution < -0.4 is 5.73 Å². The molecule has 2 N–H and O–H groups in total. The van der Waals surface area contributed by atoms with Gasteiger partial charge < -0.3 is 5.73 Å². The zero-order valence-corrected chi connectivity index (χ0v) is 11.7. The first kappa shape index (κ1) is 12.8. The van der Waals surface area contributed by atoms with E-state index in [1.165, 1.54) is 0 Å². The van der Waals surface area contributed by atoms with Crippen molar-refractivity contribution in [2.24, 2.45) is 11.7 Å². The van der Waals surface area contributed by atoms with E-state index in [0.29, 0.717) is 6.42 Å². The van der Waals surface area contributed by atoms with Gasteiger partial charge in [-0.25, -0.2) is 4.98 Å². The molecule has 3 nitrogen and oxygen atoms in total. The molecule has 2 aromatic rings. The average molecular weight is 274 g/mol. The van der Waals surface area contributed by atoms with Gasteiger partial charge in [-0.15, -0.1) is 11.3 Å². The van der Waals surface area contributed by atoms with Crippen LogP contribution in [0.25, 0.3) is 10.2 Å². The minimum absolute atomic E-state index is 0.0424. The van der Waals surface area contributed by atoms with Crippen molar-refractivity contribution >= 4 is 27.3 Å². The van der Waals surface area contributed by atoms with Crippen LogP contribution in [-0.4, -0.2) is 16.8 Å². The molecular weight excluding hydrogens is 256 g/mol. The summed E-state index contributed by atoms with van der Waals surface area (Å²) in [5, 5.41) is 0.920. The van der Waals surface area contributed by atoms with Gasteiger partial charge in [0.25, 0.3) is 0 Å². The van der Waals surface area contributed by atoms with Gasteiger partial charge in [0.1, 0.15) is 10.8 Å². The molecule has 4 heteroatoms. The molecule has 3 rings (SSSR count). The van der Waals surface area contributed by atoms with Crippen molar-refractivity contribution < 1.29 is 4.79 Å². The molecular formula is C15H18N2OS. The van der Waals surface area contributed by atoms with Gasteiger partial charge in [0.2, 0.25) is 0 Å². The maximum atomic E-state index is 12.3. The number of para-hydroxylation sites is 1. The van der Waals surface area contributed by atoms with Gasteiger partial charge in [0, 0.05) is 12.0 Å². The number of thiazole rings is 1. The average Bonchev–Trinajstić information content (AvgIpc) is 2.81. The highest BCUT2D eigenvalue weighted by Crippen LogP contribution is 2.27. The van der Waals surface area contributed by atoms with Crippen LogP contribution in [0.1, 0.15) is 30.7 Å². The van der Waals surface area contributed by atoms with Crippen molar-refractivity contribution in [2.45, 2.75) is 38.1 Å². The van der Waals surface area contributed by atoms with Crippen molar-refractivity contribution in [1.82, 2.24) is 4.98 Å². The fraction of sp³-hybridized carbons (Fsp3) is 0.467. The van der Waals surface area contributed by atoms with Gasteiger partial charge in [-0.2, -0.15) is 0 Å². The molecule has 2 atom stereocenters. The molecule has 100 valence electrons. The Hall–Kier alpha value is -1.26. The summed E-state index contributed by atoms with van der Waals surface area (Å²) in [7, 11) is 0. The summed E-state index contributed by atoms with van der Waals surface area (Å²) in [6.45, 7) is 0. The molecule has 0 bridgehead atoms. The first-order chi connectivity index (χ1) is 9.24. The van der Waals surface area contributed by atoms with E-state index in [0.717, 1.165) is 40.9 Å². The lowest BCUT2D eigenvalue weighted by Crippen LogP contribution is -2.38. The van der Waals surface area contributed by atoms with Crippen molar-refractivity contribution in [3.05, 3.63) is 29.3 Å². The highest BCUT2D eigenvalue weighted by atomic mass is 32.1. The van der Waals surface area contributed by atoms with Crippen LogP contribution in [0.2, 0.25) is 0 Å². The van der Waals surface area contributed by atoms with Crippen LogP contribution in [0, 0.1) is 5.92 Å². The summed E-state index contributed by atoms with van der Waals surface area (Å²) in [5.74, 6) is 0.312. The van der Waals surface area contributed by atoms with Gasteiger partial charge >= 0.3 is 0 Å². The van der Waals surface area contributed by atoms with Crippen LogP contribution >= 0.6 is 11.3 Å². The van der Waals surface area contributed by atoms with Gasteiger partial charge in [0.15, 0.2) is 0 Å². The number of nitrogens with zero attached hydrogens (tertiary/aromatic N) is 1. The third kappa shape index (κ3) is 2.69. The van der Waals surface area contributed by atoms with E-state index < -0.39 is 0 Å². The lowest BCUT2D eigenvalue weighted by Gasteiger charge is -2.26. The van der Waals surface area contributed by atoms with Crippen molar-refractivity contribution in [3.63, 3.8) is 0 Å². The number of benzene rings is 1. The Morgan fingerprint density at radius 2 is 2.11 bits per heavy atom. The van der Waals surface area contributed by atoms with Crippen molar-refractivity contribution in [1.29, 1.82) is 0 Å². The van der Waals surface area contributed by atoms with Gasteiger partial charge in [-0.05, 0) is 25.0 Å². The Balaban J connectivity index is 1.75. The molecule has 1 aromatic carbocycles. The third-order valence-corrected chi connectivity index (χ3v) is 4.93. The quantitative estimate of drug-likeness (QED) is 0.936. The summed E-state index contributed by atoms with van der Waals surface area (Å²) in [5.41, 5.74) is 7.06. The van der Waals surface area contributed by atoms with Crippen LogP contribution in [-0.2, 0) is 11.2 Å². The second kappa shape index (κ2) is 5.39. The second-order valence-electron chi connectivity index (χ2n) is 5.27. The molecule has 0 spiro atoms. The third-order valence-electron chi connectivity index (χ3n) is 3.90. The molecule has 2 unspecified atom stereocenters. The molecule has 19 heavy (non-hydrogen) atoms. The Bertz CT molecular complexity index is 560. The SMILES string of the molecule is NC1CCCCC1C(=O)Cc1nc2ccccc2s1. The predicted molar refractivity (Wildman–Crippen MR) is 78.3 cm³/mol. The standard InChI is InChI=1S/C15H18N2OS/c16-11-6-2-1-5-10(11)13(18)9-15-17-12-7-3-4-8-14(12)19-15/h3-4,7-8,10-11H,1-2,5-6,9,16H2. The van der Waals surface area contributed by atoms with E-state index >= 15 is 0 Å². The number of carbonyl (C=O) groups excluding carboxylic acids is 1. The monoisotopic (exact) mass is 274 g/mol. The van der Waals surface area contributed by atoms with Crippen LogP contribution in [0.4, 0.5) is 0 Å². The zero-order chi connectivity index (χ0) is 13.2. The maximum absolute atomic E-state index is 12.3. The normalized spacial score (nSPS) is 23.6. The molecule has 1 saturated carbocycles. The fourth-order valence-corrected chi connectivity index (χ4v) is 3.81. The molecule has 0 amide bonds.